The van der Waals surface area contributed by atoms with E-state index in [0.29, 0.717) is 12.7 Å². The minimum absolute atomic E-state index is 0.0148. The molecule has 234 valence electrons. The maximum Gasteiger partial charge on any atom is 0.252 e. The molecule has 0 rings (SSSR count). The number of aldehydes is 1. The van der Waals surface area contributed by atoms with Crippen molar-refractivity contribution in [3.05, 3.63) is 0 Å². The lowest BCUT2D eigenvalue weighted by molar-refractivity contribution is -0.151. The Hall–Kier alpha value is -3.79. The number of aliphatic imine (C=N–C) groups is 2. The Balaban J connectivity index is 6.10. The van der Waals surface area contributed by atoms with E-state index in [9.17, 15) is 24.0 Å². The molecule has 16 heteroatoms. The number of carbonyl (C=O) groups is 5. The molecule has 0 unspecified atom stereocenters. The molecule has 14 N–H and O–H groups in total. The minimum atomic E-state index is -1.27. The third-order valence-electron chi connectivity index (χ3n) is 5.99. The summed E-state index contributed by atoms with van der Waals surface area (Å²) in [6, 6.07) is -4.31. The largest absolute Gasteiger partial charge is 0.370 e. The molecule has 4 amide bonds. The number of carbonyl (C=O) groups excluding carboxylic acids is 5. The van der Waals surface area contributed by atoms with Gasteiger partial charge in [-0.15, -0.1) is 0 Å². The van der Waals surface area contributed by atoms with Gasteiger partial charge in [-0.25, -0.2) is 0 Å². The first-order valence-corrected chi connectivity index (χ1v) is 13.6. The SMILES string of the molecule is CC(C)C[C@H](N)C(=O)N[C@H](C(=O)N[C@@H](CCCN=C(N)N)C(=O)N(C(=O)CN)[C@H](C=O)CCCN=C(N)N)C(C)C. The van der Waals surface area contributed by atoms with E-state index in [-0.39, 0.29) is 62.5 Å². The summed E-state index contributed by atoms with van der Waals surface area (Å²) in [6.45, 7) is 7.02. The number of nitrogens with one attached hydrogen (secondary N) is 2. The highest BCUT2D eigenvalue weighted by Gasteiger charge is 2.36. The highest BCUT2D eigenvalue weighted by Crippen LogP contribution is 2.13. The number of rotatable bonds is 19. The third-order valence-corrected chi connectivity index (χ3v) is 5.99. The number of guanidine groups is 2. The van der Waals surface area contributed by atoms with Crippen LogP contribution in [0.25, 0.3) is 0 Å². The molecular weight excluding hydrogens is 534 g/mol. The Kier molecular flexibility index (Phi) is 17.5. The maximum atomic E-state index is 13.7. The first kappa shape index (κ1) is 37.2. The van der Waals surface area contributed by atoms with Crippen LogP contribution in [0, 0.1) is 11.8 Å². The topological polar surface area (TPSA) is 293 Å². The number of hydrogen-bond donors (Lipinski definition) is 8. The highest BCUT2D eigenvalue weighted by molar-refractivity contribution is 6.02. The molecule has 4 atom stereocenters. The van der Waals surface area contributed by atoms with E-state index < -0.39 is 54.3 Å². The molecule has 41 heavy (non-hydrogen) atoms. The van der Waals surface area contributed by atoms with Gasteiger partial charge >= 0.3 is 0 Å². The maximum absolute atomic E-state index is 13.7. The van der Waals surface area contributed by atoms with E-state index in [1.54, 1.807) is 13.8 Å². The molecule has 0 radical (unpaired) electrons. The Morgan fingerprint density at radius 2 is 1.39 bits per heavy atom. The second-order valence-corrected chi connectivity index (χ2v) is 10.4. The Morgan fingerprint density at radius 1 is 0.854 bits per heavy atom. The third kappa shape index (κ3) is 14.4. The molecule has 0 aromatic heterocycles. The average Bonchev–Trinajstić information content (AvgIpc) is 2.88. The fraction of sp³-hybridized carbons (Fsp3) is 0.720. The Labute approximate surface area is 241 Å². The summed E-state index contributed by atoms with van der Waals surface area (Å²) in [6.07, 6.45) is 1.46. The van der Waals surface area contributed by atoms with Gasteiger partial charge in [0.1, 0.15) is 18.4 Å². The monoisotopic (exact) mass is 583 g/mol. The predicted octanol–water partition coefficient (Wildman–Crippen LogP) is -3.03. The van der Waals surface area contributed by atoms with Crippen LogP contribution in [0.3, 0.4) is 0 Å². The van der Waals surface area contributed by atoms with Crippen LogP contribution in [0.2, 0.25) is 0 Å². The van der Waals surface area contributed by atoms with Crippen LogP contribution in [0.1, 0.15) is 59.8 Å². The number of amides is 4. The molecule has 0 saturated heterocycles. The first-order valence-electron chi connectivity index (χ1n) is 13.6. The molecule has 16 nitrogen and oxygen atoms in total. The van der Waals surface area contributed by atoms with Crippen LogP contribution in [0.5, 0.6) is 0 Å². The Morgan fingerprint density at radius 3 is 1.83 bits per heavy atom. The zero-order valence-electron chi connectivity index (χ0n) is 24.5. The minimum Gasteiger partial charge on any atom is -0.370 e. The summed E-state index contributed by atoms with van der Waals surface area (Å²) >= 11 is 0. The van der Waals surface area contributed by atoms with Crippen molar-refractivity contribution in [1.29, 1.82) is 0 Å². The van der Waals surface area contributed by atoms with Crippen molar-refractivity contribution in [3.8, 4) is 0 Å². The zero-order valence-corrected chi connectivity index (χ0v) is 24.5. The van der Waals surface area contributed by atoms with Crippen molar-refractivity contribution in [2.24, 2.45) is 56.2 Å². The van der Waals surface area contributed by atoms with E-state index in [1.807, 2.05) is 13.8 Å². The van der Waals surface area contributed by atoms with Crippen LogP contribution in [-0.2, 0) is 24.0 Å². The fourth-order valence-corrected chi connectivity index (χ4v) is 3.94. The van der Waals surface area contributed by atoms with E-state index in [2.05, 4.69) is 20.6 Å². The summed E-state index contributed by atoms with van der Waals surface area (Å²) in [5, 5.41) is 5.29. The molecule has 0 fully saturated rings. The van der Waals surface area contributed by atoms with Gasteiger partial charge in [-0.05, 0) is 43.9 Å². The number of hydrogen-bond acceptors (Lipinski definition) is 9. The highest BCUT2D eigenvalue weighted by atomic mass is 16.2. The van der Waals surface area contributed by atoms with Crippen molar-refractivity contribution < 1.29 is 24.0 Å². The lowest BCUT2D eigenvalue weighted by atomic mass is 9.99. The van der Waals surface area contributed by atoms with Crippen LogP contribution in [0.15, 0.2) is 9.98 Å². The molecule has 0 spiro atoms. The van der Waals surface area contributed by atoms with Gasteiger partial charge < -0.3 is 49.8 Å². The number of nitrogens with zero attached hydrogens (tertiary/aromatic N) is 3. The quantitative estimate of drug-likeness (QED) is 0.0327. The van der Waals surface area contributed by atoms with Gasteiger partial charge in [0.2, 0.25) is 17.7 Å². The number of nitrogens with two attached hydrogens (primary N) is 6. The van der Waals surface area contributed by atoms with Crippen molar-refractivity contribution in [2.75, 3.05) is 19.6 Å². The first-order chi connectivity index (χ1) is 19.2. The van der Waals surface area contributed by atoms with Gasteiger partial charge in [-0.3, -0.25) is 34.1 Å². The second-order valence-electron chi connectivity index (χ2n) is 10.4. The fourth-order valence-electron chi connectivity index (χ4n) is 3.94. The normalized spacial score (nSPS) is 13.9. The van der Waals surface area contributed by atoms with Crippen molar-refractivity contribution in [1.82, 2.24) is 15.5 Å². The lowest BCUT2D eigenvalue weighted by Gasteiger charge is -2.31. The van der Waals surface area contributed by atoms with Crippen LogP contribution in [0.4, 0.5) is 0 Å². The van der Waals surface area contributed by atoms with Crippen LogP contribution in [-0.4, -0.2) is 90.5 Å². The summed E-state index contributed by atoms with van der Waals surface area (Å²) in [4.78, 5) is 73.0. The van der Waals surface area contributed by atoms with Crippen molar-refractivity contribution >= 4 is 41.8 Å². The van der Waals surface area contributed by atoms with Gasteiger partial charge in [0.05, 0.1) is 18.6 Å². The van der Waals surface area contributed by atoms with E-state index >= 15 is 0 Å². The van der Waals surface area contributed by atoms with E-state index in [1.165, 1.54) is 0 Å². The molecule has 0 bridgehead atoms. The molecule has 0 aliphatic rings. The summed E-state index contributed by atoms with van der Waals surface area (Å²) in [7, 11) is 0. The molecule has 0 saturated carbocycles. The molecule has 0 aromatic rings. The molecule has 0 aromatic carbocycles. The standard InChI is InChI=1S/C25H49N11O5/c1-14(2)11-17(27)21(39)35-20(15(3)4)22(40)34-18(8-6-10-33-25(30)31)23(41)36(19(38)12-26)16(13-37)7-5-9-32-24(28)29/h13-18,20H,5-12,26-27H2,1-4H3,(H,34,40)(H,35,39)(H4,28,29,32)(H4,30,31,33)/t16-,17-,18-,20-/m0/s1. The summed E-state index contributed by atoms with van der Waals surface area (Å²) in [5.74, 6) is -3.34. The van der Waals surface area contributed by atoms with E-state index in [4.69, 9.17) is 34.4 Å². The van der Waals surface area contributed by atoms with Crippen LogP contribution >= 0.6 is 0 Å². The zero-order chi connectivity index (χ0) is 31.7. The average molecular weight is 584 g/mol. The van der Waals surface area contributed by atoms with Crippen LogP contribution < -0.4 is 45.0 Å². The molecule has 0 heterocycles. The van der Waals surface area contributed by atoms with Gasteiger partial charge in [0.25, 0.3) is 5.91 Å². The van der Waals surface area contributed by atoms with Gasteiger partial charge in [0.15, 0.2) is 11.9 Å². The summed E-state index contributed by atoms with van der Waals surface area (Å²) in [5.41, 5.74) is 32.9. The summed E-state index contributed by atoms with van der Waals surface area (Å²) < 4.78 is 0. The Bertz CT molecular complexity index is 931. The van der Waals surface area contributed by atoms with Crippen molar-refractivity contribution in [3.63, 3.8) is 0 Å². The smallest absolute Gasteiger partial charge is 0.252 e. The van der Waals surface area contributed by atoms with Crippen molar-refractivity contribution in [2.45, 2.75) is 84.0 Å². The molecule has 0 aliphatic heterocycles. The van der Waals surface area contributed by atoms with E-state index in [0.717, 1.165) is 4.90 Å². The van der Waals surface area contributed by atoms with Gasteiger partial charge in [-0.1, -0.05) is 27.7 Å². The number of imide groups is 1. The molecule has 0 aliphatic carbocycles. The molecular formula is C25H49N11O5. The predicted molar refractivity (Wildman–Crippen MR) is 157 cm³/mol. The van der Waals surface area contributed by atoms with Gasteiger partial charge in [-0.2, -0.15) is 0 Å². The van der Waals surface area contributed by atoms with Gasteiger partial charge in [0, 0.05) is 13.1 Å². The lowest BCUT2D eigenvalue weighted by Crippen LogP contribution is -2.60. The second kappa shape index (κ2) is 19.3.